The van der Waals surface area contributed by atoms with Crippen molar-refractivity contribution in [3.8, 4) is 0 Å². The summed E-state index contributed by atoms with van der Waals surface area (Å²) in [5.74, 6) is -0.405. The summed E-state index contributed by atoms with van der Waals surface area (Å²) in [4.78, 5) is 22.8. The Morgan fingerprint density at radius 2 is 2.00 bits per heavy atom. The van der Waals surface area contributed by atoms with Crippen molar-refractivity contribution in [1.29, 1.82) is 0 Å². The zero-order valence-electron chi connectivity index (χ0n) is 10.9. The van der Waals surface area contributed by atoms with Crippen molar-refractivity contribution in [2.24, 2.45) is 0 Å². The molecule has 0 aromatic carbocycles. The molecule has 4 nitrogen and oxygen atoms in total. The zero-order chi connectivity index (χ0) is 13.3. The van der Waals surface area contributed by atoms with Crippen LogP contribution in [0.25, 0.3) is 0 Å². The van der Waals surface area contributed by atoms with Crippen molar-refractivity contribution < 1.29 is 14.7 Å². The van der Waals surface area contributed by atoms with Crippen LogP contribution in [0, 0.1) is 0 Å². The number of hydrogen-bond donors (Lipinski definition) is 2. The second-order valence-electron chi connectivity index (χ2n) is 4.39. The van der Waals surface area contributed by atoms with Crippen LogP contribution in [0.5, 0.6) is 0 Å². The Morgan fingerprint density at radius 1 is 1.35 bits per heavy atom. The predicted molar refractivity (Wildman–Crippen MR) is 71.3 cm³/mol. The molecular formula is C12H23NO3S. The highest BCUT2D eigenvalue weighted by molar-refractivity contribution is 7.98. The summed E-state index contributed by atoms with van der Waals surface area (Å²) in [6, 6.07) is 0. The van der Waals surface area contributed by atoms with Crippen LogP contribution in [0.3, 0.4) is 0 Å². The Labute approximate surface area is 108 Å². The van der Waals surface area contributed by atoms with Crippen LogP contribution < -0.4 is 5.32 Å². The van der Waals surface area contributed by atoms with E-state index in [1.807, 2.05) is 6.26 Å². The van der Waals surface area contributed by atoms with Crippen LogP contribution in [-0.4, -0.2) is 34.5 Å². The van der Waals surface area contributed by atoms with E-state index in [0.717, 1.165) is 25.0 Å². The first-order valence-corrected chi connectivity index (χ1v) is 7.39. The Hall–Kier alpha value is -0.710. The number of nitrogens with one attached hydrogen (secondary N) is 1. The molecule has 0 radical (unpaired) electrons. The lowest BCUT2D eigenvalue weighted by molar-refractivity contribution is -0.147. The molecule has 0 aliphatic heterocycles. The van der Waals surface area contributed by atoms with Crippen LogP contribution in [-0.2, 0) is 9.59 Å². The SMILES string of the molecule is CCCCCC(=O)N[C@@](C)(CCSC)C(=O)O. The summed E-state index contributed by atoms with van der Waals surface area (Å²) < 4.78 is 0. The summed E-state index contributed by atoms with van der Waals surface area (Å²) in [7, 11) is 0. The minimum atomic E-state index is -1.13. The third-order valence-corrected chi connectivity index (χ3v) is 3.31. The van der Waals surface area contributed by atoms with E-state index in [9.17, 15) is 9.59 Å². The fourth-order valence-corrected chi connectivity index (χ4v) is 2.05. The van der Waals surface area contributed by atoms with Gasteiger partial charge in [0.05, 0.1) is 0 Å². The van der Waals surface area contributed by atoms with Gasteiger partial charge in [-0.15, -0.1) is 0 Å². The van der Waals surface area contributed by atoms with E-state index in [4.69, 9.17) is 5.11 Å². The Balaban J connectivity index is 4.23. The zero-order valence-corrected chi connectivity index (χ0v) is 11.7. The van der Waals surface area contributed by atoms with Gasteiger partial charge in [-0.05, 0) is 31.8 Å². The van der Waals surface area contributed by atoms with Crippen molar-refractivity contribution >= 4 is 23.6 Å². The van der Waals surface area contributed by atoms with Crippen molar-refractivity contribution in [1.82, 2.24) is 5.32 Å². The van der Waals surface area contributed by atoms with Crippen LogP contribution in [0.2, 0.25) is 0 Å². The largest absolute Gasteiger partial charge is 0.480 e. The average Bonchev–Trinajstić information content (AvgIpc) is 2.26. The van der Waals surface area contributed by atoms with E-state index in [2.05, 4.69) is 12.2 Å². The predicted octanol–water partition coefficient (Wildman–Crippen LogP) is 2.28. The monoisotopic (exact) mass is 261 g/mol. The van der Waals surface area contributed by atoms with Gasteiger partial charge in [-0.2, -0.15) is 11.8 Å². The lowest BCUT2D eigenvalue weighted by Gasteiger charge is -2.26. The molecule has 0 aliphatic rings. The number of aliphatic carboxylic acids is 1. The molecule has 0 fully saturated rings. The molecule has 0 rings (SSSR count). The maximum absolute atomic E-state index is 11.6. The molecule has 1 atom stereocenters. The number of rotatable bonds is 9. The molecule has 0 unspecified atom stereocenters. The number of hydrogen-bond acceptors (Lipinski definition) is 3. The number of carbonyl (C=O) groups excluding carboxylic acids is 1. The molecule has 0 aromatic rings. The van der Waals surface area contributed by atoms with Gasteiger partial charge in [0.2, 0.25) is 5.91 Å². The van der Waals surface area contributed by atoms with Gasteiger partial charge >= 0.3 is 5.97 Å². The van der Waals surface area contributed by atoms with E-state index in [1.165, 1.54) is 0 Å². The maximum atomic E-state index is 11.6. The molecule has 0 aliphatic carbocycles. The molecule has 0 heterocycles. The van der Waals surface area contributed by atoms with Gasteiger partial charge in [0.15, 0.2) is 0 Å². The first-order valence-electron chi connectivity index (χ1n) is 5.99. The maximum Gasteiger partial charge on any atom is 0.329 e. The van der Waals surface area contributed by atoms with Crippen molar-refractivity contribution in [2.75, 3.05) is 12.0 Å². The molecule has 2 N–H and O–H groups in total. The summed E-state index contributed by atoms with van der Waals surface area (Å²) in [6.45, 7) is 3.64. The molecule has 0 saturated carbocycles. The third-order valence-electron chi connectivity index (χ3n) is 2.70. The van der Waals surface area contributed by atoms with E-state index in [-0.39, 0.29) is 5.91 Å². The summed E-state index contributed by atoms with van der Waals surface area (Å²) in [6.07, 6.45) is 5.66. The van der Waals surface area contributed by atoms with Gasteiger partial charge in [0.25, 0.3) is 0 Å². The molecule has 0 spiro atoms. The van der Waals surface area contributed by atoms with E-state index in [1.54, 1.807) is 18.7 Å². The summed E-state index contributed by atoms with van der Waals surface area (Å²) >= 11 is 1.58. The normalized spacial score (nSPS) is 14.1. The fraction of sp³-hybridized carbons (Fsp3) is 0.833. The Bertz CT molecular complexity index is 258. The minimum absolute atomic E-state index is 0.163. The van der Waals surface area contributed by atoms with E-state index >= 15 is 0 Å². The van der Waals surface area contributed by atoms with Crippen LogP contribution in [0.1, 0.15) is 46.0 Å². The van der Waals surface area contributed by atoms with Gasteiger partial charge in [0.1, 0.15) is 5.54 Å². The number of thioether (sulfide) groups is 1. The van der Waals surface area contributed by atoms with Crippen LogP contribution in [0.4, 0.5) is 0 Å². The third kappa shape index (κ3) is 6.56. The lowest BCUT2D eigenvalue weighted by atomic mass is 9.98. The minimum Gasteiger partial charge on any atom is -0.480 e. The first-order chi connectivity index (χ1) is 7.96. The highest BCUT2D eigenvalue weighted by Crippen LogP contribution is 2.14. The number of carbonyl (C=O) groups is 2. The van der Waals surface area contributed by atoms with Crippen molar-refractivity contribution in [3.63, 3.8) is 0 Å². The highest BCUT2D eigenvalue weighted by Gasteiger charge is 2.33. The van der Waals surface area contributed by atoms with Crippen molar-refractivity contribution in [2.45, 2.75) is 51.5 Å². The second kappa shape index (κ2) is 8.39. The standard InChI is InChI=1S/C12H23NO3S/c1-4-5-6-7-10(14)13-12(2,11(15)16)8-9-17-3/h4-9H2,1-3H3,(H,13,14)(H,15,16)/t12-/m0/s1. The summed E-state index contributed by atoms with van der Waals surface area (Å²) in [5.41, 5.74) is -1.13. The average molecular weight is 261 g/mol. The Kier molecular flexibility index (Phi) is 8.04. The smallest absolute Gasteiger partial charge is 0.329 e. The molecule has 100 valence electrons. The van der Waals surface area contributed by atoms with E-state index < -0.39 is 11.5 Å². The van der Waals surface area contributed by atoms with Gasteiger partial charge in [-0.3, -0.25) is 4.79 Å². The van der Waals surface area contributed by atoms with Gasteiger partial charge < -0.3 is 10.4 Å². The fourth-order valence-electron chi connectivity index (χ4n) is 1.43. The molecule has 0 bridgehead atoms. The lowest BCUT2D eigenvalue weighted by Crippen LogP contribution is -2.52. The van der Waals surface area contributed by atoms with Crippen molar-refractivity contribution in [3.05, 3.63) is 0 Å². The highest BCUT2D eigenvalue weighted by atomic mass is 32.2. The van der Waals surface area contributed by atoms with Gasteiger partial charge in [-0.1, -0.05) is 19.8 Å². The first kappa shape index (κ1) is 16.3. The molecule has 1 amide bonds. The quantitative estimate of drug-likeness (QED) is 0.625. The molecular weight excluding hydrogens is 238 g/mol. The second-order valence-corrected chi connectivity index (χ2v) is 5.37. The van der Waals surface area contributed by atoms with Crippen LogP contribution >= 0.6 is 11.8 Å². The number of amides is 1. The number of unbranched alkanes of at least 4 members (excludes halogenated alkanes) is 2. The van der Waals surface area contributed by atoms with E-state index in [0.29, 0.717) is 12.8 Å². The number of carboxylic acid groups (broad SMARTS) is 1. The van der Waals surface area contributed by atoms with Crippen LogP contribution in [0.15, 0.2) is 0 Å². The van der Waals surface area contributed by atoms with Gasteiger partial charge in [-0.25, -0.2) is 4.79 Å². The molecule has 5 heteroatoms. The molecule has 17 heavy (non-hydrogen) atoms. The molecule has 0 aromatic heterocycles. The molecule has 0 saturated heterocycles. The Morgan fingerprint density at radius 3 is 2.47 bits per heavy atom. The summed E-state index contributed by atoms with van der Waals surface area (Å²) in [5, 5.41) is 11.8. The number of carboxylic acids is 1. The van der Waals surface area contributed by atoms with Gasteiger partial charge in [0, 0.05) is 6.42 Å². The topological polar surface area (TPSA) is 66.4 Å².